The minimum Gasteiger partial charge on any atom is -0.479 e. The number of benzene rings is 1. The quantitative estimate of drug-likeness (QED) is 0.606. The van der Waals surface area contributed by atoms with Crippen molar-refractivity contribution in [1.29, 1.82) is 0 Å². The number of carboxylic acids is 1. The number of ketones is 1. The van der Waals surface area contributed by atoms with Crippen LogP contribution < -0.4 is 4.74 Å². The van der Waals surface area contributed by atoms with E-state index < -0.39 is 29.3 Å². The predicted molar refractivity (Wildman–Crippen MR) is 68.4 cm³/mol. The molecule has 110 valence electrons. The van der Waals surface area contributed by atoms with Crippen molar-refractivity contribution in [3.8, 4) is 5.75 Å². The molecule has 0 amide bonds. The Morgan fingerprint density at radius 2 is 1.95 bits per heavy atom. The topological polar surface area (TPSA) is 83.8 Å². The molecule has 0 bridgehead atoms. The Hall–Kier alpha value is -1.54. The maximum absolute atomic E-state index is 12.1. The van der Waals surface area contributed by atoms with E-state index in [4.69, 9.17) is 5.11 Å². The van der Waals surface area contributed by atoms with Crippen LogP contribution >= 0.6 is 15.9 Å². The van der Waals surface area contributed by atoms with Gasteiger partial charge in [-0.2, -0.15) is 8.78 Å². The molecule has 1 aromatic rings. The summed E-state index contributed by atoms with van der Waals surface area (Å²) in [5.74, 6) is -2.40. The molecule has 0 saturated carbocycles. The Bertz CT molecular complexity index is 519. The van der Waals surface area contributed by atoms with Gasteiger partial charge in [-0.1, -0.05) is 22.0 Å². The Morgan fingerprint density at radius 3 is 2.40 bits per heavy atom. The van der Waals surface area contributed by atoms with Crippen LogP contribution in [0.4, 0.5) is 8.78 Å². The predicted octanol–water partition coefficient (Wildman–Crippen LogP) is 2.37. The maximum Gasteiger partial charge on any atom is 0.387 e. The number of ether oxygens (including phenoxy) is 1. The van der Waals surface area contributed by atoms with Gasteiger partial charge in [0, 0.05) is 11.1 Å². The summed E-state index contributed by atoms with van der Waals surface area (Å²) in [6.45, 7) is -1.59. The summed E-state index contributed by atoms with van der Waals surface area (Å²) in [4.78, 5) is 22.0. The average Bonchev–Trinajstić information content (AvgIpc) is 2.35. The van der Waals surface area contributed by atoms with Gasteiger partial charge >= 0.3 is 12.6 Å². The first-order valence-corrected chi connectivity index (χ1v) is 6.33. The standard InChI is InChI=1S/C12H11BrF2O5/c1-5(13)9(16)8-4-6(20-12(14)15)2-3-7(8)10(17)11(18)19/h2-5,10,12,17H,1H3,(H,18,19). The molecule has 0 radical (unpaired) electrons. The summed E-state index contributed by atoms with van der Waals surface area (Å²) in [6, 6.07) is 3.11. The molecule has 5 nitrogen and oxygen atoms in total. The van der Waals surface area contributed by atoms with Gasteiger partial charge in [-0.15, -0.1) is 0 Å². The fourth-order valence-electron chi connectivity index (χ4n) is 1.51. The van der Waals surface area contributed by atoms with Crippen LogP contribution in [0.1, 0.15) is 28.9 Å². The zero-order valence-electron chi connectivity index (χ0n) is 10.2. The minimum atomic E-state index is -3.07. The molecular weight excluding hydrogens is 342 g/mol. The highest BCUT2D eigenvalue weighted by atomic mass is 79.9. The van der Waals surface area contributed by atoms with Crippen LogP contribution in [0.5, 0.6) is 5.75 Å². The number of halogens is 3. The van der Waals surface area contributed by atoms with Crippen molar-refractivity contribution in [2.75, 3.05) is 0 Å². The summed E-state index contributed by atoms with van der Waals surface area (Å²) in [7, 11) is 0. The van der Waals surface area contributed by atoms with E-state index in [1.807, 2.05) is 0 Å². The normalized spacial score (nSPS) is 13.9. The van der Waals surface area contributed by atoms with Gasteiger partial charge in [-0.3, -0.25) is 4.79 Å². The van der Waals surface area contributed by atoms with Crippen LogP contribution in [-0.4, -0.2) is 33.4 Å². The van der Waals surface area contributed by atoms with E-state index in [-0.39, 0.29) is 16.9 Å². The van der Waals surface area contributed by atoms with Crippen molar-refractivity contribution in [3.05, 3.63) is 29.3 Å². The molecule has 0 fully saturated rings. The van der Waals surface area contributed by atoms with E-state index in [1.165, 1.54) is 6.92 Å². The molecule has 0 heterocycles. The van der Waals surface area contributed by atoms with E-state index in [0.717, 1.165) is 18.2 Å². The lowest BCUT2D eigenvalue weighted by Gasteiger charge is -2.14. The number of rotatable bonds is 6. The number of aliphatic carboxylic acids is 1. The Morgan fingerprint density at radius 1 is 1.35 bits per heavy atom. The molecular formula is C12H11BrF2O5. The van der Waals surface area contributed by atoms with Gasteiger partial charge in [0.05, 0.1) is 4.83 Å². The lowest BCUT2D eigenvalue weighted by atomic mass is 9.97. The lowest BCUT2D eigenvalue weighted by Crippen LogP contribution is -2.19. The molecule has 1 aromatic carbocycles. The summed E-state index contributed by atoms with van der Waals surface area (Å²) in [6.07, 6.45) is -1.93. The van der Waals surface area contributed by atoms with Crippen LogP contribution in [0.15, 0.2) is 18.2 Å². The molecule has 0 aliphatic carbocycles. The molecule has 0 aliphatic heterocycles. The number of aliphatic hydroxyl groups excluding tert-OH is 1. The van der Waals surface area contributed by atoms with E-state index in [1.54, 1.807) is 0 Å². The number of carbonyl (C=O) groups is 2. The van der Waals surface area contributed by atoms with Crippen LogP contribution in [-0.2, 0) is 4.79 Å². The van der Waals surface area contributed by atoms with Crippen molar-refractivity contribution in [2.24, 2.45) is 0 Å². The third kappa shape index (κ3) is 3.97. The van der Waals surface area contributed by atoms with E-state index in [9.17, 15) is 23.5 Å². The summed E-state index contributed by atoms with van der Waals surface area (Å²) in [5.41, 5.74) is -0.377. The highest BCUT2D eigenvalue weighted by Crippen LogP contribution is 2.27. The number of hydrogen-bond donors (Lipinski definition) is 2. The van der Waals surface area contributed by atoms with Gasteiger partial charge in [0.1, 0.15) is 5.75 Å². The number of alkyl halides is 3. The van der Waals surface area contributed by atoms with Gasteiger partial charge in [0.2, 0.25) is 0 Å². The number of carboxylic acid groups (broad SMARTS) is 1. The monoisotopic (exact) mass is 352 g/mol. The molecule has 1 rings (SSSR count). The molecule has 8 heteroatoms. The molecule has 2 unspecified atom stereocenters. The zero-order valence-corrected chi connectivity index (χ0v) is 11.8. The number of hydrogen-bond acceptors (Lipinski definition) is 4. The smallest absolute Gasteiger partial charge is 0.387 e. The largest absolute Gasteiger partial charge is 0.479 e. The van der Waals surface area contributed by atoms with Gasteiger partial charge in [-0.05, 0) is 19.1 Å². The number of aliphatic hydroxyl groups is 1. The minimum absolute atomic E-state index is 0.185. The van der Waals surface area contributed by atoms with Gasteiger partial charge in [0.15, 0.2) is 11.9 Å². The molecule has 0 spiro atoms. The Balaban J connectivity index is 3.30. The lowest BCUT2D eigenvalue weighted by molar-refractivity contribution is -0.147. The van der Waals surface area contributed by atoms with Crippen molar-refractivity contribution in [3.63, 3.8) is 0 Å². The average molecular weight is 353 g/mol. The van der Waals surface area contributed by atoms with Crippen molar-refractivity contribution in [1.82, 2.24) is 0 Å². The van der Waals surface area contributed by atoms with Crippen LogP contribution in [0.3, 0.4) is 0 Å². The molecule has 20 heavy (non-hydrogen) atoms. The van der Waals surface area contributed by atoms with Crippen LogP contribution in [0, 0.1) is 0 Å². The first-order valence-electron chi connectivity index (χ1n) is 5.42. The molecule has 2 N–H and O–H groups in total. The third-order valence-corrected chi connectivity index (χ3v) is 2.82. The second kappa shape index (κ2) is 6.76. The van der Waals surface area contributed by atoms with Gasteiger partial charge in [-0.25, -0.2) is 4.79 Å². The summed E-state index contributed by atoms with van der Waals surface area (Å²) >= 11 is 3.00. The number of Topliss-reactive ketones (excluding diaryl/α,β-unsaturated/α-hetero) is 1. The van der Waals surface area contributed by atoms with E-state index in [2.05, 4.69) is 20.7 Å². The highest BCUT2D eigenvalue weighted by Gasteiger charge is 2.25. The summed E-state index contributed by atoms with van der Waals surface area (Å²) < 4.78 is 28.4. The van der Waals surface area contributed by atoms with Crippen LogP contribution in [0.25, 0.3) is 0 Å². The van der Waals surface area contributed by atoms with Gasteiger partial charge in [0.25, 0.3) is 0 Å². The Labute approximate surface area is 121 Å². The van der Waals surface area contributed by atoms with Crippen LogP contribution in [0.2, 0.25) is 0 Å². The molecule has 2 atom stereocenters. The zero-order chi connectivity index (χ0) is 15.4. The second-order valence-electron chi connectivity index (χ2n) is 3.85. The molecule has 0 aliphatic rings. The van der Waals surface area contributed by atoms with E-state index >= 15 is 0 Å². The second-order valence-corrected chi connectivity index (χ2v) is 5.22. The maximum atomic E-state index is 12.1. The fourth-order valence-corrected chi connectivity index (χ4v) is 1.76. The first kappa shape index (κ1) is 16.5. The highest BCUT2D eigenvalue weighted by molar-refractivity contribution is 9.10. The third-order valence-electron chi connectivity index (χ3n) is 2.41. The van der Waals surface area contributed by atoms with E-state index in [0.29, 0.717) is 0 Å². The van der Waals surface area contributed by atoms with Gasteiger partial charge < -0.3 is 14.9 Å². The fraction of sp³-hybridized carbons (Fsp3) is 0.333. The Kier molecular flexibility index (Phi) is 5.58. The first-order chi connectivity index (χ1) is 9.23. The van der Waals surface area contributed by atoms with Crippen molar-refractivity contribution < 1.29 is 33.3 Å². The number of carbonyl (C=O) groups excluding carboxylic acids is 1. The summed E-state index contributed by atoms with van der Waals surface area (Å²) in [5, 5.41) is 18.3. The molecule has 0 aromatic heterocycles. The molecule has 0 saturated heterocycles. The SMILES string of the molecule is CC(Br)C(=O)c1cc(OC(F)F)ccc1C(O)C(=O)O. The van der Waals surface area contributed by atoms with Crippen molar-refractivity contribution in [2.45, 2.75) is 24.5 Å². The van der Waals surface area contributed by atoms with Crippen molar-refractivity contribution >= 4 is 27.7 Å².